The van der Waals surface area contributed by atoms with Gasteiger partial charge in [0, 0.05) is 18.0 Å². The molecule has 5 heteroatoms. The highest BCUT2D eigenvalue weighted by atomic mass is 32.1. The molecule has 0 saturated carbocycles. The fraction of sp³-hybridized carbons (Fsp3) is 0.389. The molecule has 2 aromatic heterocycles. The number of thiophene rings is 1. The van der Waals surface area contributed by atoms with E-state index in [2.05, 4.69) is 47.7 Å². The first kappa shape index (κ1) is 15.3. The van der Waals surface area contributed by atoms with E-state index in [1.807, 2.05) is 6.07 Å². The highest BCUT2D eigenvalue weighted by Gasteiger charge is 2.26. The molecule has 0 spiro atoms. The van der Waals surface area contributed by atoms with Gasteiger partial charge in [0.2, 0.25) is 0 Å². The van der Waals surface area contributed by atoms with E-state index >= 15 is 0 Å². The Morgan fingerprint density at radius 3 is 2.74 bits per heavy atom. The molecule has 0 N–H and O–H groups in total. The number of ether oxygens (including phenoxy) is 1. The molecule has 1 aliphatic rings. The Morgan fingerprint density at radius 1 is 1.17 bits per heavy atom. The first-order valence-electron chi connectivity index (χ1n) is 8.02. The molecule has 0 amide bonds. The number of aromatic nitrogens is 1. The van der Waals surface area contributed by atoms with Gasteiger partial charge in [-0.05, 0) is 43.5 Å². The van der Waals surface area contributed by atoms with Gasteiger partial charge in [-0.25, -0.2) is 4.98 Å². The zero-order valence-electron chi connectivity index (χ0n) is 13.1. The van der Waals surface area contributed by atoms with Gasteiger partial charge in [0.1, 0.15) is 11.1 Å². The van der Waals surface area contributed by atoms with E-state index in [1.54, 1.807) is 22.7 Å². The molecule has 1 unspecified atom stereocenters. The van der Waals surface area contributed by atoms with Crippen LogP contribution in [-0.2, 0) is 4.74 Å². The third-order valence-corrected chi connectivity index (χ3v) is 6.33. The van der Waals surface area contributed by atoms with Crippen molar-refractivity contribution in [2.75, 3.05) is 20.1 Å². The van der Waals surface area contributed by atoms with E-state index in [9.17, 15) is 0 Å². The predicted molar refractivity (Wildman–Crippen MR) is 97.4 cm³/mol. The maximum atomic E-state index is 6.53. The number of hydrogen-bond acceptors (Lipinski definition) is 5. The second-order valence-electron chi connectivity index (χ2n) is 6.05. The standard InChI is InChI=1S/C18H20N2OS2/c1-20-10-8-13(9-11-20)21-17(16-7-4-12-22-16)18-19-14-5-2-3-6-15(14)23-18/h2-7,12-13,17H,8-11H2,1H3. The van der Waals surface area contributed by atoms with Gasteiger partial charge in [0.15, 0.2) is 0 Å². The lowest BCUT2D eigenvalue weighted by Gasteiger charge is -2.31. The summed E-state index contributed by atoms with van der Waals surface area (Å²) in [5.74, 6) is 0. The summed E-state index contributed by atoms with van der Waals surface area (Å²) in [4.78, 5) is 8.46. The number of hydrogen-bond donors (Lipinski definition) is 0. The largest absolute Gasteiger partial charge is 0.362 e. The zero-order valence-corrected chi connectivity index (χ0v) is 14.8. The van der Waals surface area contributed by atoms with E-state index in [-0.39, 0.29) is 6.10 Å². The molecular formula is C18H20N2OS2. The monoisotopic (exact) mass is 344 g/mol. The molecule has 1 fully saturated rings. The molecule has 120 valence electrons. The zero-order chi connectivity index (χ0) is 15.6. The van der Waals surface area contributed by atoms with Gasteiger partial charge < -0.3 is 9.64 Å². The number of para-hydroxylation sites is 1. The van der Waals surface area contributed by atoms with Crippen molar-refractivity contribution >= 4 is 32.9 Å². The van der Waals surface area contributed by atoms with Crippen molar-refractivity contribution in [1.29, 1.82) is 0 Å². The van der Waals surface area contributed by atoms with Gasteiger partial charge in [0.25, 0.3) is 0 Å². The number of rotatable bonds is 4. The first-order chi connectivity index (χ1) is 11.3. The van der Waals surface area contributed by atoms with Crippen LogP contribution in [0.2, 0.25) is 0 Å². The van der Waals surface area contributed by atoms with Gasteiger partial charge in [-0.2, -0.15) is 0 Å². The maximum absolute atomic E-state index is 6.53. The van der Waals surface area contributed by atoms with Crippen LogP contribution in [0.1, 0.15) is 28.8 Å². The summed E-state index contributed by atoms with van der Waals surface area (Å²) < 4.78 is 7.76. The number of likely N-dealkylation sites (tertiary alicyclic amines) is 1. The normalized spacial score (nSPS) is 18.5. The van der Waals surface area contributed by atoms with E-state index < -0.39 is 0 Å². The Morgan fingerprint density at radius 2 is 2.00 bits per heavy atom. The van der Waals surface area contributed by atoms with E-state index in [4.69, 9.17) is 9.72 Å². The Labute approximate surface area is 144 Å². The Balaban J connectivity index is 1.63. The average Bonchev–Trinajstić information content (AvgIpc) is 3.23. The fourth-order valence-electron chi connectivity index (χ4n) is 3.00. The van der Waals surface area contributed by atoms with E-state index in [1.165, 1.54) is 9.58 Å². The van der Waals surface area contributed by atoms with E-state index in [0.717, 1.165) is 36.5 Å². The van der Waals surface area contributed by atoms with Crippen molar-refractivity contribution in [1.82, 2.24) is 9.88 Å². The summed E-state index contributed by atoms with van der Waals surface area (Å²) in [6.45, 7) is 2.23. The van der Waals surface area contributed by atoms with Crippen LogP contribution in [0.25, 0.3) is 10.2 Å². The van der Waals surface area contributed by atoms with Gasteiger partial charge in [-0.1, -0.05) is 18.2 Å². The Kier molecular flexibility index (Phi) is 4.44. The van der Waals surface area contributed by atoms with Crippen molar-refractivity contribution in [3.8, 4) is 0 Å². The minimum atomic E-state index is -0.0270. The van der Waals surface area contributed by atoms with Crippen LogP contribution in [0, 0.1) is 0 Å². The Hall–Kier alpha value is -1.27. The number of nitrogens with zero attached hydrogens (tertiary/aromatic N) is 2. The average molecular weight is 345 g/mol. The van der Waals surface area contributed by atoms with E-state index in [0.29, 0.717) is 6.10 Å². The van der Waals surface area contributed by atoms with Crippen LogP contribution in [0.4, 0.5) is 0 Å². The van der Waals surface area contributed by atoms with Crippen LogP contribution >= 0.6 is 22.7 Å². The quantitative estimate of drug-likeness (QED) is 0.694. The van der Waals surface area contributed by atoms with Crippen molar-refractivity contribution in [2.45, 2.75) is 25.0 Å². The molecule has 3 aromatic rings. The molecule has 3 heterocycles. The van der Waals surface area contributed by atoms with Crippen molar-refractivity contribution in [2.24, 2.45) is 0 Å². The maximum Gasteiger partial charge on any atom is 0.143 e. The summed E-state index contributed by atoms with van der Waals surface area (Å²) in [5, 5.41) is 3.20. The third-order valence-electron chi connectivity index (χ3n) is 4.33. The van der Waals surface area contributed by atoms with Crippen molar-refractivity contribution in [3.05, 3.63) is 51.7 Å². The molecule has 4 rings (SSSR count). The van der Waals surface area contributed by atoms with Crippen LogP contribution in [0.15, 0.2) is 41.8 Å². The van der Waals surface area contributed by atoms with Gasteiger partial charge in [-0.3, -0.25) is 0 Å². The second kappa shape index (κ2) is 6.69. The predicted octanol–water partition coefficient (Wildman–Crippen LogP) is 4.56. The van der Waals surface area contributed by atoms with Gasteiger partial charge in [-0.15, -0.1) is 22.7 Å². The topological polar surface area (TPSA) is 25.4 Å². The molecule has 1 aromatic carbocycles. The highest BCUT2D eigenvalue weighted by Crippen LogP contribution is 2.36. The Bertz CT molecular complexity index is 727. The summed E-state index contributed by atoms with van der Waals surface area (Å²) in [6, 6.07) is 12.6. The minimum absolute atomic E-state index is 0.0270. The number of benzene rings is 1. The molecule has 23 heavy (non-hydrogen) atoms. The number of piperidine rings is 1. The molecule has 1 saturated heterocycles. The molecule has 0 radical (unpaired) electrons. The van der Waals surface area contributed by atoms with Crippen molar-refractivity contribution < 1.29 is 4.74 Å². The smallest absolute Gasteiger partial charge is 0.143 e. The lowest BCUT2D eigenvalue weighted by Crippen LogP contribution is -2.34. The number of thiazole rings is 1. The van der Waals surface area contributed by atoms with Crippen LogP contribution in [-0.4, -0.2) is 36.1 Å². The summed E-state index contributed by atoms with van der Waals surface area (Å²) in [7, 11) is 2.18. The van der Waals surface area contributed by atoms with Crippen LogP contribution < -0.4 is 0 Å². The molecule has 1 atom stereocenters. The molecule has 0 bridgehead atoms. The lowest BCUT2D eigenvalue weighted by molar-refractivity contribution is -0.0220. The van der Waals surface area contributed by atoms with Gasteiger partial charge >= 0.3 is 0 Å². The SMILES string of the molecule is CN1CCC(OC(c2cccs2)c2nc3ccccc3s2)CC1. The fourth-order valence-corrected chi connectivity index (χ4v) is 4.86. The van der Waals surface area contributed by atoms with Gasteiger partial charge in [0.05, 0.1) is 16.3 Å². The molecular weight excluding hydrogens is 324 g/mol. The second-order valence-corrected chi connectivity index (χ2v) is 8.10. The first-order valence-corrected chi connectivity index (χ1v) is 9.72. The number of fused-ring (bicyclic) bond motifs is 1. The highest BCUT2D eigenvalue weighted by molar-refractivity contribution is 7.18. The lowest BCUT2D eigenvalue weighted by atomic mass is 10.1. The minimum Gasteiger partial charge on any atom is -0.362 e. The van der Waals surface area contributed by atoms with Crippen LogP contribution in [0.5, 0.6) is 0 Å². The van der Waals surface area contributed by atoms with Crippen LogP contribution in [0.3, 0.4) is 0 Å². The molecule has 0 aliphatic carbocycles. The molecule has 3 nitrogen and oxygen atoms in total. The summed E-state index contributed by atoms with van der Waals surface area (Å²) in [5.41, 5.74) is 1.07. The third kappa shape index (κ3) is 3.33. The van der Waals surface area contributed by atoms with Crippen molar-refractivity contribution in [3.63, 3.8) is 0 Å². The molecule has 1 aliphatic heterocycles. The summed E-state index contributed by atoms with van der Waals surface area (Å²) in [6.07, 6.45) is 2.50. The summed E-state index contributed by atoms with van der Waals surface area (Å²) >= 11 is 3.51.